The Labute approximate surface area is 89.7 Å². The molecule has 0 aromatic heterocycles. The van der Waals surface area contributed by atoms with Crippen molar-refractivity contribution in [3.63, 3.8) is 0 Å². The van der Waals surface area contributed by atoms with Gasteiger partial charge in [0.05, 0.1) is 6.54 Å². The van der Waals surface area contributed by atoms with Gasteiger partial charge in [0, 0.05) is 7.05 Å². The zero-order chi connectivity index (χ0) is 10.8. The van der Waals surface area contributed by atoms with E-state index in [0.29, 0.717) is 6.54 Å². The molecule has 15 heavy (non-hydrogen) atoms. The van der Waals surface area contributed by atoms with Crippen molar-refractivity contribution in [3.05, 3.63) is 35.4 Å². The number of aryl methyl sites for hydroxylation is 1. The molecule has 0 aliphatic carbocycles. The summed E-state index contributed by atoms with van der Waals surface area (Å²) < 4.78 is 5.22. The van der Waals surface area contributed by atoms with E-state index in [4.69, 9.17) is 4.74 Å². The number of hydrogen-bond acceptors (Lipinski definition) is 2. The standard InChI is InChI=1S/C12H15NO2/c1-3-9-4-6-10(7-5-9)11-8-13(2)12(14)15-11/h4-7,11H,3,8H2,1-2H3. The first-order valence-corrected chi connectivity index (χ1v) is 5.21. The van der Waals surface area contributed by atoms with Crippen LogP contribution in [0.1, 0.15) is 24.2 Å². The molecule has 2 rings (SSSR count). The van der Waals surface area contributed by atoms with Crippen LogP contribution in [0.15, 0.2) is 24.3 Å². The molecule has 1 aliphatic heterocycles. The van der Waals surface area contributed by atoms with Crippen LogP contribution in [0.25, 0.3) is 0 Å². The summed E-state index contributed by atoms with van der Waals surface area (Å²) in [5.41, 5.74) is 2.38. The molecule has 1 aliphatic rings. The van der Waals surface area contributed by atoms with E-state index in [9.17, 15) is 4.79 Å². The van der Waals surface area contributed by atoms with Crippen molar-refractivity contribution < 1.29 is 9.53 Å². The van der Waals surface area contributed by atoms with Gasteiger partial charge in [-0.05, 0) is 17.5 Å². The lowest BCUT2D eigenvalue weighted by Gasteiger charge is -2.08. The number of nitrogens with zero attached hydrogens (tertiary/aromatic N) is 1. The van der Waals surface area contributed by atoms with E-state index in [1.165, 1.54) is 5.56 Å². The van der Waals surface area contributed by atoms with Crippen molar-refractivity contribution in [1.29, 1.82) is 0 Å². The van der Waals surface area contributed by atoms with Crippen LogP contribution < -0.4 is 0 Å². The van der Waals surface area contributed by atoms with Gasteiger partial charge in [-0.3, -0.25) is 0 Å². The molecule has 1 atom stereocenters. The Kier molecular flexibility index (Phi) is 2.62. The second-order valence-electron chi connectivity index (χ2n) is 3.85. The van der Waals surface area contributed by atoms with Gasteiger partial charge in [0.2, 0.25) is 0 Å². The van der Waals surface area contributed by atoms with Crippen LogP contribution in [0.5, 0.6) is 0 Å². The van der Waals surface area contributed by atoms with Gasteiger partial charge >= 0.3 is 6.09 Å². The summed E-state index contributed by atoms with van der Waals surface area (Å²) in [6.45, 7) is 2.77. The van der Waals surface area contributed by atoms with Crippen molar-refractivity contribution in [2.45, 2.75) is 19.4 Å². The van der Waals surface area contributed by atoms with Crippen LogP contribution in [0.3, 0.4) is 0 Å². The number of hydrogen-bond donors (Lipinski definition) is 0. The van der Waals surface area contributed by atoms with E-state index in [-0.39, 0.29) is 12.2 Å². The fourth-order valence-electron chi connectivity index (χ4n) is 1.71. The highest BCUT2D eigenvalue weighted by atomic mass is 16.6. The molecule has 1 saturated heterocycles. The number of cyclic esters (lactones) is 1. The van der Waals surface area contributed by atoms with Crippen molar-refractivity contribution in [2.24, 2.45) is 0 Å². The lowest BCUT2D eigenvalue weighted by Crippen LogP contribution is -2.17. The second-order valence-corrected chi connectivity index (χ2v) is 3.85. The zero-order valence-corrected chi connectivity index (χ0v) is 9.06. The average molecular weight is 205 g/mol. The summed E-state index contributed by atoms with van der Waals surface area (Å²) in [6.07, 6.45) is 0.693. The number of rotatable bonds is 2. The number of amides is 1. The molecule has 0 N–H and O–H groups in total. The maximum Gasteiger partial charge on any atom is 0.410 e. The lowest BCUT2D eigenvalue weighted by molar-refractivity contribution is 0.135. The predicted molar refractivity (Wildman–Crippen MR) is 57.7 cm³/mol. The Hall–Kier alpha value is -1.51. The van der Waals surface area contributed by atoms with Gasteiger partial charge in [-0.2, -0.15) is 0 Å². The molecule has 1 heterocycles. The quantitative estimate of drug-likeness (QED) is 0.741. The average Bonchev–Trinajstić information content (AvgIpc) is 2.59. The Morgan fingerprint density at radius 3 is 2.53 bits per heavy atom. The molecule has 0 spiro atoms. The highest BCUT2D eigenvalue weighted by Gasteiger charge is 2.29. The van der Waals surface area contributed by atoms with Gasteiger partial charge in [0.1, 0.15) is 6.10 Å². The summed E-state index contributed by atoms with van der Waals surface area (Å²) >= 11 is 0. The van der Waals surface area contributed by atoms with Crippen LogP contribution in [-0.4, -0.2) is 24.6 Å². The minimum atomic E-state index is -0.237. The van der Waals surface area contributed by atoms with E-state index in [2.05, 4.69) is 19.1 Å². The molecule has 3 nitrogen and oxygen atoms in total. The molecular weight excluding hydrogens is 190 g/mol. The molecule has 1 amide bonds. The Balaban J connectivity index is 2.13. The Morgan fingerprint density at radius 2 is 2.07 bits per heavy atom. The zero-order valence-electron chi connectivity index (χ0n) is 9.06. The Morgan fingerprint density at radius 1 is 1.40 bits per heavy atom. The fourth-order valence-corrected chi connectivity index (χ4v) is 1.71. The van der Waals surface area contributed by atoms with Crippen LogP contribution in [0, 0.1) is 0 Å². The molecular formula is C12H15NO2. The molecule has 3 heteroatoms. The highest BCUT2D eigenvalue weighted by molar-refractivity contribution is 5.69. The number of carbonyl (C=O) groups is 1. The number of carbonyl (C=O) groups excluding carboxylic acids is 1. The summed E-state index contributed by atoms with van der Waals surface area (Å²) in [7, 11) is 1.75. The second kappa shape index (κ2) is 3.93. The van der Waals surface area contributed by atoms with Gasteiger partial charge < -0.3 is 9.64 Å². The van der Waals surface area contributed by atoms with Crippen LogP contribution in [-0.2, 0) is 11.2 Å². The van der Waals surface area contributed by atoms with Crippen LogP contribution in [0.4, 0.5) is 4.79 Å². The molecule has 1 unspecified atom stereocenters. The molecule has 1 aromatic carbocycles. The van der Waals surface area contributed by atoms with Gasteiger partial charge in [-0.1, -0.05) is 31.2 Å². The summed E-state index contributed by atoms with van der Waals surface area (Å²) in [6, 6.07) is 8.24. The molecule has 0 radical (unpaired) electrons. The van der Waals surface area contributed by atoms with Gasteiger partial charge in [0.25, 0.3) is 0 Å². The van der Waals surface area contributed by atoms with Crippen LogP contribution in [0.2, 0.25) is 0 Å². The van der Waals surface area contributed by atoms with Crippen LogP contribution >= 0.6 is 0 Å². The normalized spacial score (nSPS) is 20.5. The minimum absolute atomic E-state index is 0.103. The third-order valence-corrected chi connectivity index (χ3v) is 2.75. The van der Waals surface area contributed by atoms with E-state index in [1.54, 1.807) is 11.9 Å². The number of benzene rings is 1. The maximum absolute atomic E-state index is 11.2. The fraction of sp³-hybridized carbons (Fsp3) is 0.417. The summed E-state index contributed by atoms with van der Waals surface area (Å²) in [5, 5.41) is 0. The smallest absolute Gasteiger partial charge is 0.410 e. The molecule has 1 fully saturated rings. The van der Waals surface area contributed by atoms with Crippen molar-refractivity contribution in [2.75, 3.05) is 13.6 Å². The molecule has 0 saturated carbocycles. The summed E-state index contributed by atoms with van der Waals surface area (Å²) in [5.74, 6) is 0. The molecule has 1 aromatic rings. The maximum atomic E-state index is 11.2. The van der Waals surface area contributed by atoms with Crippen molar-refractivity contribution >= 4 is 6.09 Å². The molecule has 0 bridgehead atoms. The number of likely N-dealkylation sites (N-methyl/N-ethyl adjacent to an activating group) is 1. The number of ether oxygens (including phenoxy) is 1. The van der Waals surface area contributed by atoms with Gasteiger partial charge in [0.15, 0.2) is 0 Å². The van der Waals surface area contributed by atoms with Crippen molar-refractivity contribution in [1.82, 2.24) is 4.90 Å². The Bertz CT molecular complexity index is 358. The first-order chi connectivity index (χ1) is 7.20. The predicted octanol–water partition coefficient (Wildman–Crippen LogP) is 2.37. The van der Waals surface area contributed by atoms with E-state index in [0.717, 1.165) is 12.0 Å². The van der Waals surface area contributed by atoms with E-state index >= 15 is 0 Å². The minimum Gasteiger partial charge on any atom is -0.439 e. The third-order valence-electron chi connectivity index (χ3n) is 2.75. The topological polar surface area (TPSA) is 29.5 Å². The van der Waals surface area contributed by atoms with E-state index < -0.39 is 0 Å². The SMILES string of the molecule is CCc1ccc(C2CN(C)C(=O)O2)cc1. The highest BCUT2D eigenvalue weighted by Crippen LogP contribution is 2.25. The van der Waals surface area contributed by atoms with E-state index in [1.807, 2.05) is 12.1 Å². The first-order valence-electron chi connectivity index (χ1n) is 5.21. The summed E-state index contributed by atoms with van der Waals surface area (Å²) in [4.78, 5) is 12.8. The van der Waals surface area contributed by atoms with Crippen molar-refractivity contribution in [3.8, 4) is 0 Å². The monoisotopic (exact) mass is 205 g/mol. The van der Waals surface area contributed by atoms with Gasteiger partial charge in [-0.15, -0.1) is 0 Å². The lowest BCUT2D eigenvalue weighted by atomic mass is 10.1. The third kappa shape index (κ3) is 1.96. The largest absolute Gasteiger partial charge is 0.439 e. The first kappa shape index (κ1) is 10.0. The van der Waals surface area contributed by atoms with Gasteiger partial charge in [-0.25, -0.2) is 4.79 Å². The molecule has 80 valence electrons.